The van der Waals surface area contributed by atoms with Crippen molar-refractivity contribution in [1.82, 2.24) is 15.0 Å². The zero-order chi connectivity index (χ0) is 12.3. The molecule has 1 N–H and O–H groups in total. The van der Waals surface area contributed by atoms with Crippen molar-refractivity contribution in [3.8, 4) is 0 Å². The molecule has 1 aromatic carbocycles. The van der Waals surface area contributed by atoms with Crippen LogP contribution in [0.2, 0.25) is 0 Å². The van der Waals surface area contributed by atoms with Gasteiger partial charge in [-0.05, 0) is 5.56 Å². The first kappa shape index (κ1) is 11.8. The van der Waals surface area contributed by atoms with Crippen LogP contribution in [0.3, 0.4) is 0 Å². The Hall–Kier alpha value is -1.68. The van der Waals surface area contributed by atoms with Crippen molar-refractivity contribution in [1.29, 1.82) is 0 Å². The van der Waals surface area contributed by atoms with E-state index in [0.29, 0.717) is 5.69 Å². The minimum Gasteiger partial charge on any atom is -0.390 e. The number of aliphatic hydroxyl groups is 1. The van der Waals surface area contributed by atoms with Gasteiger partial charge >= 0.3 is 0 Å². The number of rotatable bonds is 4. The Morgan fingerprint density at radius 2 is 1.94 bits per heavy atom. The maximum absolute atomic E-state index is 8.95. The summed E-state index contributed by atoms with van der Waals surface area (Å²) in [5.41, 5.74) is 1.86. The number of hydrogen-bond donors (Lipinski definition) is 1. The summed E-state index contributed by atoms with van der Waals surface area (Å²) in [6.07, 6.45) is 1.78. The van der Waals surface area contributed by atoms with Crippen LogP contribution in [0.4, 0.5) is 0 Å². The first-order chi connectivity index (χ1) is 8.12. The van der Waals surface area contributed by atoms with E-state index in [1.54, 1.807) is 10.9 Å². The molecule has 0 atom stereocenters. The average molecular weight is 231 g/mol. The van der Waals surface area contributed by atoms with Crippen LogP contribution in [-0.2, 0) is 18.6 Å². The zero-order valence-electron chi connectivity index (χ0n) is 10.2. The van der Waals surface area contributed by atoms with Gasteiger partial charge in [0.1, 0.15) is 5.69 Å². The maximum atomic E-state index is 8.95. The molecule has 0 radical (unpaired) electrons. The van der Waals surface area contributed by atoms with E-state index in [-0.39, 0.29) is 12.0 Å². The second kappa shape index (κ2) is 4.67. The van der Waals surface area contributed by atoms with E-state index < -0.39 is 0 Å². The van der Waals surface area contributed by atoms with Crippen LogP contribution in [0.25, 0.3) is 0 Å². The van der Waals surface area contributed by atoms with Crippen molar-refractivity contribution in [3.63, 3.8) is 0 Å². The highest BCUT2D eigenvalue weighted by Gasteiger charge is 2.21. The molecule has 1 aromatic heterocycles. The zero-order valence-corrected chi connectivity index (χ0v) is 10.2. The molecule has 1 heterocycles. The third kappa shape index (κ3) is 2.71. The van der Waals surface area contributed by atoms with Gasteiger partial charge in [-0.25, -0.2) is 0 Å². The fourth-order valence-electron chi connectivity index (χ4n) is 1.87. The van der Waals surface area contributed by atoms with Gasteiger partial charge in [0.2, 0.25) is 0 Å². The normalized spacial score (nSPS) is 11.7. The molecule has 0 fully saturated rings. The summed E-state index contributed by atoms with van der Waals surface area (Å²) in [6.45, 7) is 5.01. The van der Waals surface area contributed by atoms with E-state index in [4.69, 9.17) is 5.11 Å². The van der Waals surface area contributed by atoms with Gasteiger partial charge in [0, 0.05) is 5.41 Å². The van der Waals surface area contributed by atoms with Crippen molar-refractivity contribution in [2.24, 2.45) is 0 Å². The predicted molar refractivity (Wildman–Crippen MR) is 65.4 cm³/mol. The molecule has 17 heavy (non-hydrogen) atoms. The van der Waals surface area contributed by atoms with Crippen LogP contribution >= 0.6 is 0 Å². The SMILES string of the molecule is CC(C)(Cn1cc(CO)nn1)c1ccccc1. The Bertz CT molecular complexity index is 476. The van der Waals surface area contributed by atoms with E-state index in [1.807, 2.05) is 18.2 Å². The number of aliphatic hydroxyl groups excluding tert-OH is 1. The maximum Gasteiger partial charge on any atom is 0.108 e. The first-order valence-electron chi connectivity index (χ1n) is 5.67. The summed E-state index contributed by atoms with van der Waals surface area (Å²) in [5, 5.41) is 16.8. The second-order valence-electron chi connectivity index (χ2n) is 4.82. The molecule has 0 aliphatic heterocycles. The Balaban J connectivity index is 2.17. The van der Waals surface area contributed by atoms with Crippen molar-refractivity contribution in [2.45, 2.75) is 32.4 Å². The van der Waals surface area contributed by atoms with Crippen LogP contribution in [-0.4, -0.2) is 20.1 Å². The highest BCUT2D eigenvalue weighted by Crippen LogP contribution is 2.24. The fourth-order valence-corrected chi connectivity index (χ4v) is 1.87. The summed E-state index contributed by atoms with van der Waals surface area (Å²) >= 11 is 0. The van der Waals surface area contributed by atoms with Crippen LogP contribution in [0.1, 0.15) is 25.1 Å². The number of nitrogens with zero attached hydrogens (tertiary/aromatic N) is 3. The van der Waals surface area contributed by atoms with Crippen molar-refractivity contribution < 1.29 is 5.11 Å². The lowest BCUT2D eigenvalue weighted by atomic mass is 9.85. The molecule has 0 unspecified atom stereocenters. The molecule has 90 valence electrons. The van der Waals surface area contributed by atoms with Gasteiger partial charge in [0.25, 0.3) is 0 Å². The highest BCUT2D eigenvalue weighted by molar-refractivity contribution is 5.23. The van der Waals surface area contributed by atoms with Crippen molar-refractivity contribution in [3.05, 3.63) is 47.8 Å². The van der Waals surface area contributed by atoms with Gasteiger partial charge in [0.15, 0.2) is 0 Å². The molecule has 2 rings (SSSR count). The van der Waals surface area contributed by atoms with Gasteiger partial charge in [-0.15, -0.1) is 5.10 Å². The third-order valence-corrected chi connectivity index (χ3v) is 2.86. The molecular weight excluding hydrogens is 214 g/mol. The Kier molecular flexibility index (Phi) is 3.24. The highest BCUT2D eigenvalue weighted by atomic mass is 16.3. The Labute approximate surface area is 101 Å². The number of aromatic nitrogens is 3. The van der Waals surface area contributed by atoms with Gasteiger partial charge < -0.3 is 5.11 Å². The first-order valence-corrected chi connectivity index (χ1v) is 5.67. The van der Waals surface area contributed by atoms with Crippen molar-refractivity contribution in [2.75, 3.05) is 0 Å². The van der Waals surface area contributed by atoms with Crippen LogP contribution in [0.5, 0.6) is 0 Å². The topological polar surface area (TPSA) is 50.9 Å². The number of hydrogen-bond acceptors (Lipinski definition) is 3. The van der Waals surface area contributed by atoms with Gasteiger partial charge in [0.05, 0.1) is 19.3 Å². The standard InChI is InChI=1S/C13H17N3O/c1-13(2,11-6-4-3-5-7-11)10-16-8-12(9-17)14-15-16/h3-8,17H,9-10H2,1-2H3. The monoisotopic (exact) mass is 231 g/mol. The average Bonchev–Trinajstić information content (AvgIpc) is 2.77. The lowest BCUT2D eigenvalue weighted by Gasteiger charge is -2.24. The lowest BCUT2D eigenvalue weighted by molar-refractivity contribution is 0.276. The van der Waals surface area contributed by atoms with Gasteiger partial charge in [-0.3, -0.25) is 4.68 Å². The van der Waals surface area contributed by atoms with E-state index in [2.05, 4.69) is 36.3 Å². The van der Waals surface area contributed by atoms with Gasteiger partial charge in [-0.1, -0.05) is 49.4 Å². The minimum absolute atomic E-state index is 0.0122. The van der Waals surface area contributed by atoms with Crippen LogP contribution < -0.4 is 0 Å². The molecule has 0 saturated heterocycles. The van der Waals surface area contributed by atoms with E-state index in [0.717, 1.165) is 6.54 Å². The van der Waals surface area contributed by atoms with E-state index in [9.17, 15) is 0 Å². The second-order valence-corrected chi connectivity index (χ2v) is 4.82. The summed E-state index contributed by atoms with van der Waals surface area (Å²) in [7, 11) is 0. The summed E-state index contributed by atoms with van der Waals surface area (Å²) in [5.74, 6) is 0. The van der Waals surface area contributed by atoms with Crippen LogP contribution in [0, 0.1) is 0 Å². The smallest absolute Gasteiger partial charge is 0.108 e. The van der Waals surface area contributed by atoms with E-state index in [1.165, 1.54) is 5.56 Å². The summed E-state index contributed by atoms with van der Waals surface area (Å²) in [6, 6.07) is 10.3. The van der Waals surface area contributed by atoms with E-state index >= 15 is 0 Å². The molecule has 4 heteroatoms. The molecular formula is C13H17N3O. The van der Waals surface area contributed by atoms with Crippen molar-refractivity contribution >= 4 is 0 Å². The van der Waals surface area contributed by atoms with Gasteiger partial charge in [-0.2, -0.15) is 0 Å². The molecule has 0 aliphatic carbocycles. The Morgan fingerprint density at radius 3 is 2.53 bits per heavy atom. The molecule has 0 spiro atoms. The molecule has 0 saturated carbocycles. The quantitative estimate of drug-likeness (QED) is 0.872. The minimum atomic E-state index is -0.0637. The molecule has 0 bridgehead atoms. The lowest BCUT2D eigenvalue weighted by Crippen LogP contribution is -2.24. The largest absolute Gasteiger partial charge is 0.390 e. The molecule has 0 amide bonds. The molecule has 4 nitrogen and oxygen atoms in total. The fraction of sp³-hybridized carbons (Fsp3) is 0.385. The number of benzene rings is 1. The predicted octanol–water partition coefficient (Wildman–Crippen LogP) is 1.75. The third-order valence-electron chi connectivity index (χ3n) is 2.86. The molecule has 2 aromatic rings. The summed E-state index contributed by atoms with van der Waals surface area (Å²) in [4.78, 5) is 0. The Morgan fingerprint density at radius 1 is 1.24 bits per heavy atom. The summed E-state index contributed by atoms with van der Waals surface area (Å²) < 4.78 is 1.78. The molecule has 0 aliphatic rings. The van der Waals surface area contributed by atoms with Crippen LogP contribution in [0.15, 0.2) is 36.5 Å².